The Bertz CT molecular complexity index is 3340. The molecule has 0 unspecified atom stereocenters. The molecule has 0 atom stereocenters. The number of nitrogens with two attached hydrogens (primary N) is 8. The van der Waals surface area contributed by atoms with E-state index in [1.54, 1.807) is 30.3 Å². The molecule has 36 N–H and O–H groups in total. The van der Waals surface area contributed by atoms with Crippen LogP contribution in [0.2, 0.25) is 0 Å². The van der Waals surface area contributed by atoms with Crippen LogP contribution in [-0.2, 0) is 166 Å². The number of imide groups is 4. The number of carboxylic acids is 10. The number of rotatable bonds is 35. The quantitative estimate of drug-likeness (QED) is 0.0171. The molecule has 2 fully saturated rings. The van der Waals surface area contributed by atoms with Gasteiger partial charge in [0.1, 0.15) is 13.2 Å². The maximum absolute atomic E-state index is 11.2. The monoisotopic (exact) mass is 2610 g/mol. The van der Waals surface area contributed by atoms with Crippen LogP contribution in [0.1, 0.15) is 172 Å². The van der Waals surface area contributed by atoms with Crippen LogP contribution in [0.5, 0.6) is 0 Å². The van der Waals surface area contributed by atoms with Crippen molar-refractivity contribution in [1.29, 1.82) is 0 Å². The third kappa shape index (κ3) is 86.7. The number of nitrogens with zero attached hydrogens (tertiary/aromatic N) is 4. The summed E-state index contributed by atoms with van der Waals surface area (Å²) in [5.74, 6) is -12.6. The fourth-order valence-electron chi connectivity index (χ4n) is 9.06. The summed E-state index contributed by atoms with van der Waals surface area (Å²) in [6.07, 6.45) is 22.0. The van der Waals surface area contributed by atoms with E-state index in [1.807, 2.05) is 0 Å². The number of amides is 12. The zero-order valence-corrected chi connectivity index (χ0v) is 80.5. The standard InChI is InChI=1S/2C12H18N2O4.2C10H14N2O4.C7H6O2.2C6H8O4.2C2H4O3.3C2H4O2.8H2N.4Pt/c2*15-10-6-7-11(16)14(10)9-5-3-1-2-4-8-13-12(17)18;2*13-8-4-5-9(14)12(8)7-3-1-2-6-11-10(15)16;8-7(9)6-4-2-1-3-5-6;2*7-4(8)6(5(9)10)2-1-3-6;2*3-1-2(4)5;3*1-2(3)4;;;;;;;;;;;;/h2*6-7,13H,1-5,8-9H2,(H,17,18);2*4-5,11H,1-3,6-7H2,(H,15,16);1-5H,(H,8,9);2*1-3H2,(H,7,8)(H,9,10);2*3H,1H2,(H,4,5);3*1H3,(H,3,4);8*1H2;;;;/q;;;;;;;;;;;;8*-1;4*+2. The van der Waals surface area contributed by atoms with E-state index >= 15 is 0 Å². The fraction of sp³-hybridized carbons (Fsp3) is 0.507. The van der Waals surface area contributed by atoms with Gasteiger partial charge in [-0.05, 0) is 115 Å². The molecule has 2 saturated carbocycles. The molecule has 12 amide bonds. The van der Waals surface area contributed by atoms with Gasteiger partial charge in [-0.2, -0.15) is 0 Å². The van der Waals surface area contributed by atoms with Gasteiger partial charge in [-0.1, -0.05) is 56.7 Å². The van der Waals surface area contributed by atoms with Crippen molar-refractivity contribution in [3.05, 3.63) is 134 Å². The number of hydrogen-bond acceptors (Lipinski definition) is 24. The molecule has 54 nitrogen and oxygen atoms in total. The minimum Gasteiger partial charge on any atom is -0.693 e. The Morgan fingerprint density at radius 1 is 0.282 bits per heavy atom. The molecule has 7 rings (SSSR count). The van der Waals surface area contributed by atoms with Gasteiger partial charge in [0, 0.05) is 122 Å². The third-order valence-electron chi connectivity index (χ3n) is 15.3. The molecule has 0 radical (unpaired) electrons. The molecular weight excluding hydrogens is 2490 g/mol. The Kier molecular flexibility index (Phi) is 118. The van der Waals surface area contributed by atoms with Crippen LogP contribution in [0.3, 0.4) is 0 Å². The summed E-state index contributed by atoms with van der Waals surface area (Å²) in [6, 6.07) is 8.30. The van der Waals surface area contributed by atoms with E-state index in [9.17, 15) is 81.5 Å². The summed E-state index contributed by atoms with van der Waals surface area (Å²) in [7, 11) is 0. The van der Waals surface area contributed by atoms with Crippen LogP contribution in [0.4, 0.5) is 19.2 Å². The summed E-state index contributed by atoms with van der Waals surface area (Å²) < 4.78 is 0. The van der Waals surface area contributed by atoms with Crippen LogP contribution < -0.4 is 21.3 Å². The largest absolute Gasteiger partial charge is 2.00 e. The summed E-state index contributed by atoms with van der Waals surface area (Å²) >= 11 is 0. The topological polar surface area (TPSA) is 1030 Å². The number of unbranched alkanes of at least 4 members (excludes halogenated alkanes) is 12. The maximum Gasteiger partial charge on any atom is 2.00 e. The van der Waals surface area contributed by atoms with Gasteiger partial charge in [-0.15, -0.1) is 0 Å². The molecule has 0 spiro atoms. The molecule has 6 aliphatic rings. The first kappa shape index (κ1) is 160. The molecule has 0 bridgehead atoms. The van der Waals surface area contributed by atoms with Gasteiger partial charge >= 0.3 is 150 Å². The first-order valence-corrected chi connectivity index (χ1v) is 36.1. The van der Waals surface area contributed by atoms with Crippen LogP contribution in [-0.4, -0.2) is 298 Å². The van der Waals surface area contributed by atoms with Crippen LogP contribution in [0.25, 0.3) is 49.2 Å². The van der Waals surface area contributed by atoms with Crippen molar-refractivity contribution in [3.8, 4) is 0 Å². The zero-order chi connectivity index (χ0) is 92.2. The van der Waals surface area contributed by atoms with Crippen molar-refractivity contribution in [3.63, 3.8) is 0 Å². The predicted octanol–water partition coefficient (Wildman–Crippen LogP) is 9.12. The van der Waals surface area contributed by atoms with E-state index < -0.39 is 108 Å². The first-order valence-electron chi connectivity index (χ1n) is 36.1. The predicted molar refractivity (Wildman–Crippen MR) is 450 cm³/mol. The normalized spacial score (nSPS) is 12.5. The van der Waals surface area contributed by atoms with Crippen molar-refractivity contribution < 1.29 is 271 Å². The summed E-state index contributed by atoms with van der Waals surface area (Å²) in [6.45, 7) is 5.18. The number of carbonyl (C=O) groups is 22. The second-order valence-electron chi connectivity index (χ2n) is 24.7. The molecule has 4 aliphatic heterocycles. The fourth-order valence-corrected chi connectivity index (χ4v) is 9.06. The van der Waals surface area contributed by atoms with Gasteiger partial charge < -0.3 is 152 Å². The van der Waals surface area contributed by atoms with E-state index in [0.717, 1.165) is 97.8 Å². The van der Waals surface area contributed by atoms with Crippen LogP contribution in [0.15, 0.2) is 78.9 Å². The molecule has 762 valence electrons. The number of nitrogens with one attached hydrogen (secondary N) is 4. The number of hydrogen-bond donors (Lipinski definition) is 20. The number of carbonyl (C=O) groups excluding carboxylic acids is 8. The summed E-state index contributed by atoms with van der Waals surface area (Å²) in [4.78, 5) is 232. The molecule has 0 aromatic heterocycles. The van der Waals surface area contributed by atoms with Gasteiger partial charge in [0.05, 0.1) is 5.56 Å². The van der Waals surface area contributed by atoms with Crippen molar-refractivity contribution in [2.45, 2.75) is 162 Å². The number of benzene rings is 1. The van der Waals surface area contributed by atoms with Crippen molar-refractivity contribution in [2.24, 2.45) is 10.8 Å². The number of aliphatic hydroxyl groups is 2. The molecular formula is C73H122N16O38Pt4. The van der Waals surface area contributed by atoms with Crippen LogP contribution >= 0.6 is 0 Å². The van der Waals surface area contributed by atoms with E-state index in [4.69, 9.17) is 106 Å². The van der Waals surface area contributed by atoms with E-state index in [2.05, 4.69) is 21.3 Å². The van der Waals surface area contributed by atoms with Gasteiger partial charge in [0.2, 0.25) is 0 Å². The minimum atomic E-state index is -1.44. The number of carboxylic acid groups (broad SMARTS) is 14. The Morgan fingerprint density at radius 3 is 0.550 bits per heavy atom. The van der Waals surface area contributed by atoms with Gasteiger partial charge in [-0.3, -0.25) is 91.5 Å². The van der Waals surface area contributed by atoms with Gasteiger partial charge in [0.25, 0.3) is 65.2 Å². The summed E-state index contributed by atoms with van der Waals surface area (Å²) in [5.41, 5.74) is -2.56. The van der Waals surface area contributed by atoms with Gasteiger partial charge in [-0.25, -0.2) is 33.6 Å². The second kappa shape index (κ2) is 96.4. The average Bonchev–Trinajstić information content (AvgIpc) is 1.14. The Labute approximate surface area is 810 Å². The first-order chi connectivity index (χ1) is 55.7. The molecule has 1 aromatic carbocycles. The molecule has 58 heteroatoms. The third-order valence-corrected chi connectivity index (χ3v) is 15.3. The molecule has 0 saturated heterocycles. The van der Waals surface area contributed by atoms with Gasteiger partial charge in [0.15, 0.2) is 10.8 Å². The van der Waals surface area contributed by atoms with Crippen LogP contribution in [0, 0.1) is 10.8 Å². The molecule has 1 aromatic rings. The Balaban J connectivity index is -0.0000000737. The Morgan fingerprint density at radius 2 is 0.435 bits per heavy atom. The molecule has 2 aliphatic carbocycles. The zero-order valence-electron chi connectivity index (χ0n) is 71.4. The summed E-state index contributed by atoms with van der Waals surface area (Å²) in [5, 5.41) is 137. The average molecular weight is 2610 g/mol. The van der Waals surface area contributed by atoms with E-state index in [-0.39, 0.29) is 206 Å². The smallest absolute Gasteiger partial charge is 0.693 e. The number of aliphatic carboxylic acids is 9. The second-order valence-corrected chi connectivity index (χ2v) is 24.7. The van der Waals surface area contributed by atoms with Crippen molar-refractivity contribution in [1.82, 2.24) is 40.9 Å². The minimum absolute atomic E-state index is 0. The molecule has 4 heterocycles. The molecule has 131 heavy (non-hydrogen) atoms. The maximum atomic E-state index is 11.2. The number of aromatic carboxylic acids is 1. The van der Waals surface area contributed by atoms with Crippen molar-refractivity contribution >= 4 is 131 Å². The van der Waals surface area contributed by atoms with E-state index in [1.165, 1.54) is 68.2 Å². The Hall–Kier alpha value is -11.1. The van der Waals surface area contributed by atoms with Crippen molar-refractivity contribution in [2.75, 3.05) is 65.6 Å². The number of aliphatic hydroxyl groups excluding tert-OH is 2. The van der Waals surface area contributed by atoms with E-state index in [0.29, 0.717) is 96.4 Å². The SMILES string of the molecule is CC(=O)O.CC(=O)O.CC(=O)O.O=C(O)C1(C(=O)O)CCC1.O=C(O)C1(C(=O)O)CCC1.O=C(O)CO.O=C(O)CO.O=C(O)NCCCCCCCN1C(=O)C=CC1=O.O=C(O)NCCCCCCCN1C(=O)C=CC1=O.O=C(O)NCCCCCN1C(=O)C=CC1=O.O=C(O)NCCCCCN1C(=O)C=CC1=O.O=C(O)c1ccccc1.[NH2-].[NH2-].[NH2-].[NH2-].[NH2-].[NH2-].[NH2-].[NH2-].[Pt+2].[Pt+2].[Pt+2].[Pt+2].